The summed E-state index contributed by atoms with van der Waals surface area (Å²) >= 11 is 0. The molecular formula is C13H18N4O. The van der Waals surface area contributed by atoms with E-state index in [0.29, 0.717) is 25.0 Å². The van der Waals surface area contributed by atoms with Crippen molar-refractivity contribution < 1.29 is 4.79 Å². The zero-order valence-corrected chi connectivity index (χ0v) is 10.2. The molecule has 96 valence electrons. The quantitative estimate of drug-likeness (QED) is 0.537. The maximum atomic E-state index is 11.4. The molecule has 0 spiro atoms. The van der Waals surface area contributed by atoms with Crippen LogP contribution < -0.4 is 16.4 Å². The summed E-state index contributed by atoms with van der Waals surface area (Å²) in [5, 5.41) is 5.87. The van der Waals surface area contributed by atoms with Gasteiger partial charge in [0.2, 0.25) is 5.91 Å². The van der Waals surface area contributed by atoms with Crippen LogP contribution in [-0.2, 0) is 4.79 Å². The first kappa shape index (κ1) is 12.4. The number of nitrogens with two attached hydrogens (primary N) is 1. The van der Waals surface area contributed by atoms with Crippen LogP contribution in [0.2, 0.25) is 0 Å². The standard InChI is InChI=1S/C13H18N4O/c14-13(17-10-4-2-1-3-5-10)15-9-8-12(18)16-11-6-7-11/h1-5,11H,6-9H2,(H,16,18)(H3,14,15,17). The van der Waals surface area contributed by atoms with E-state index in [2.05, 4.69) is 15.6 Å². The van der Waals surface area contributed by atoms with Gasteiger partial charge in [0.05, 0.1) is 6.54 Å². The van der Waals surface area contributed by atoms with Crippen LogP contribution in [0.1, 0.15) is 19.3 Å². The van der Waals surface area contributed by atoms with E-state index in [-0.39, 0.29) is 5.91 Å². The Hall–Kier alpha value is -2.04. The molecule has 0 bridgehead atoms. The van der Waals surface area contributed by atoms with E-state index in [1.165, 1.54) is 0 Å². The van der Waals surface area contributed by atoms with Crippen LogP contribution in [0.5, 0.6) is 0 Å². The summed E-state index contributed by atoms with van der Waals surface area (Å²) in [6.45, 7) is 0.407. The molecule has 0 aliphatic heterocycles. The minimum absolute atomic E-state index is 0.0498. The number of para-hydroxylation sites is 1. The van der Waals surface area contributed by atoms with Crippen molar-refractivity contribution in [3.8, 4) is 0 Å². The van der Waals surface area contributed by atoms with Crippen LogP contribution in [0.3, 0.4) is 0 Å². The van der Waals surface area contributed by atoms with Gasteiger partial charge in [0, 0.05) is 18.2 Å². The summed E-state index contributed by atoms with van der Waals surface area (Å²) in [5.74, 6) is 0.384. The zero-order chi connectivity index (χ0) is 12.8. The van der Waals surface area contributed by atoms with Crippen LogP contribution in [0.25, 0.3) is 0 Å². The number of nitrogens with one attached hydrogen (secondary N) is 2. The number of guanidine groups is 1. The van der Waals surface area contributed by atoms with Crippen LogP contribution in [0, 0.1) is 0 Å². The molecule has 0 saturated heterocycles. The van der Waals surface area contributed by atoms with Crippen molar-refractivity contribution in [2.45, 2.75) is 25.3 Å². The third-order valence-corrected chi connectivity index (χ3v) is 2.61. The molecule has 1 saturated carbocycles. The highest BCUT2D eigenvalue weighted by Crippen LogP contribution is 2.18. The fraction of sp³-hybridized carbons (Fsp3) is 0.385. The summed E-state index contributed by atoms with van der Waals surface area (Å²) in [7, 11) is 0. The highest BCUT2D eigenvalue weighted by atomic mass is 16.1. The number of rotatable bonds is 5. The second kappa shape index (κ2) is 6.05. The van der Waals surface area contributed by atoms with Gasteiger partial charge in [-0.05, 0) is 25.0 Å². The first-order chi connectivity index (χ1) is 8.74. The van der Waals surface area contributed by atoms with Gasteiger partial charge in [-0.15, -0.1) is 0 Å². The topological polar surface area (TPSA) is 79.5 Å². The summed E-state index contributed by atoms with van der Waals surface area (Å²) < 4.78 is 0. The fourth-order valence-electron chi connectivity index (χ4n) is 1.51. The van der Waals surface area contributed by atoms with E-state index >= 15 is 0 Å². The lowest BCUT2D eigenvalue weighted by molar-refractivity contribution is -0.121. The molecular weight excluding hydrogens is 228 g/mol. The maximum absolute atomic E-state index is 11.4. The van der Waals surface area contributed by atoms with E-state index in [9.17, 15) is 4.79 Å². The van der Waals surface area contributed by atoms with Gasteiger partial charge in [-0.25, -0.2) is 0 Å². The lowest BCUT2D eigenvalue weighted by Crippen LogP contribution is -2.27. The van der Waals surface area contributed by atoms with Crippen molar-refractivity contribution in [2.75, 3.05) is 11.9 Å². The van der Waals surface area contributed by atoms with E-state index in [1.54, 1.807) is 0 Å². The monoisotopic (exact) mass is 246 g/mol. The molecule has 0 aromatic heterocycles. The molecule has 5 nitrogen and oxygen atoms in total. The van der Waals surface area contributed by atoms with Crippen molar-refractivity contribution in [3.05, 3.63) is 30.3 Å². The molecule has 1 aromatic rings. The van der Waals surface area contributed by atoms with E-state index in [0.717, 1.165) is 18.5 Å². The molecule has 0 atom stereocenters. The summed E-state index contributed by atoms with van der Waals surface area (Å²) in [5.41, 5.74) is 6.60. The number of hydrogen-bond acceptors (Lipinski definition) is 2. The van der Waals surface area contributed by atoms with Gasteiger partial charge in [-0.3, -0.25) is 9.79 Å². The molecule has 0 unspecified atom stereocenters. The lowest BCUT2D eigenvalue weighted by atomic mass is 10.3. The molecule has 1 fully saturated rings. The number of benzene rings is 1. The molecule has 0 radical (unpaired) electrons. The first-order valence-corrected chi connectivity index (χ1v) is 6.15. The SMILES string of the molecule is NC(=NCCC(=O)NC1CC1)Nc1ccccc1. The number of amides is 1. The molecule has 0 heterocycles. The van der Waals surface area contributed by atoms with Gasteiger partial charge >= 0.3 is 0 Å². The molecule has 5 heteroatoms. The van der Waals surface area contributed by atoms with Gasteiger partial charge in [0.1, 0.15) is 0 Å². The fourth-order valence-corrected chi connectivity index (χ4v) is 1.51. The van der Waals surface area contributed by atoms with Gasteiger partial charge in [-0.2, -0.15) is 0 Å². The van der Waals surface area contributed by atoms with Gasteiger partial charge in [-0.1, -0.05) is 18.2 Å². The summed E-state index contributed by atoms with van der Waals surface area (Å²) in [6, 6.07) is 9.98. The Morgan fingerprint density at radius 1 is 1.33 bits per heavy atom. The number of carbonyl (C=O) groups excluding carboxylic acids is 1. The molecule has 1 aliphatic carbocycles. The van der Waals surface area contributed by atoms with Gasteiger partial charge in [0.25, 0.3) is 0 Å². The van der Waals surface area contributed by atoms with E-state index in [1.807, 2.05) is 30.3 Å². The third kappa shape index (κ3) is 4.45. The second-order valence-electron chi connectivity index (χ2n) is 4.35. The number of hydrogen-bond donors (Lipinski definition) is 3. The largest absolute Gasteiger partial charge is 0.370 e. The maximum Gasteiger partial charge on any atom is 0.222 e. The van der Waals surface area contributed by atoms with Crippen molar-refractivity contribution in [1.29, 1.82) is 0 Å². The molecule has 1 amide bonds. The van der Waals surface area contributed by atoms with Crippen LogP contribution >= 0.6 is 0 Å². The Kier molecular flexibility index (Phi) is 4.17. The van der Waals surface area contributed by atoms with Crippen molar-refractivity contribution in [1.82, 2.24) is 5.32 Å². The van der Waals surface area contributed by atoms with Gasteiger partial charge in [0.15, 0.2) is 5.96 Å². The number of nitrogens with zero attached hydrogens (tertiary/aromatic N) is 1. The lowest BCUT2D eigenvalue weighted by Gasteiger charge is -2.05. The molecule has 1 aliphatic rings. The van der Waals surface area contributed by atoms with Crippen LogP contribution in [0.15, 0.2) is 35.3 Å². The van der Waals surface area contributed by atoms with Crippen molar-refractivity contribution >= 4 is 17.6 Å². The molecule has 4 N–H and O–H groups in total. The summed E-state index contributed by atoms with van der Waals surface area (Å²) in [4.78, 5) is 15.5. The van der Waals surface area contributed by atoms with Crippen molar-refractivity contribution in [2.24, 2.45) is 10.7 Å². The third-order valence-electron chi connectivity index (χ3n) is 2.61. The highest BCUT2D eigenvalue weighted by molar-refractivity contribution is 5.92. The number of carbonyl (C=O) groups is 1. The Morgan fingerprint density at radius 3 is 2.72 bits per heavy atom. The average molecular weight is 246 g/mol. The van der Waals surface area contributed by atoms with E-state index in [4.69, 9.17) is 5.73 Å². The van der Waals surface area contributed by atoms with Gasteiger partial charge < -0.3 is 16.4 Å². The second-order valence-corrected chi connectivity index (χ2v) is 4.35. The Labute approximate surface area is 106 Å². The number of anilines is 1. The van der Waals surface area contributed by atoms with Crippen molar-refractivity contribution in [3.63, 3.8) is 0 Å². The average Bonchev–Trinajstić information content (AvgIpc) is 3.14. The van der Waals surface area contributed by atoms with E-state index < -0.39 is 0 Å². The summed E-state index contributed by atoms with van der Waals surface area (Å²) in [6.07, 6.45) is 2.59. The Balaban J connectivity index is 1.69. The molecule has 1 aromatic carbocycles. The predicted molar refractivity (Wildman–Crippen MR) is 72.3 cm³/mol. The zero-order valence-electron chi connectivity index (χ0n) is 10.2. The Morgan fingerprint density at radius 2 is 2.06 bits per heavy atom. The first-order valence-electron chi connectivity index (χ1n) is 6.15. The normalized spacial score (nSPS) is 15.2. The van der Waals surface area contributed by atoms with Crippen LogP contribution in [0.4, 0.5) is 5.69 Å². The minimum Gasteiger partial charge on any atom is -0.370 e. The van der Waals surface area contributed by atoms with Crippen LogP contribution in [-0.4, -0.2) is 24.5 Å². The highest BCUT2D eigenvalue weighted by Gasteiger charge is 2.22. The molecule has 18 heavy (non-hydrogen) atoms. The Bertz CT molecular complexity index is 426. The minimum atomic E-state index is 0.0498. The smallest absolute Gasteiger partial charge is 0.222 e. The predicted octanol–water partition coefficient (Wildman–Crippen LogP) is 1.08. The number of aliphatic imine (C=N–C) groups is 1. The molecule has 2 rings (SSSR count).